The van der Waals surface area contributed by atoms with Crippen LogP contribution < -0.4 is 20.2 Å². The maximum atomic E-state index is 12.7. The molecule has 1 unspecified atom stereocenters. The van der Waals surface area contributed by atoms with Gasteiger partial charge in [-0.25, -0.2) is 19.9 Å². The second-order valence-electron chi connectivity index (χ2n) is 8.08. The molecule has 0 radical (unpaired) electrons. The average Bonchev–Trinajstić information content (AvgIpc) is 2.90. The van der Waals surface area contributed by atoms with Gasteiger partial charge < -0.3 is 19.8 Å². The fourth-order valence-corrected chi connectivity index (χ4v) is 3.41. The van der Waals surface area contributed by atoms with Gasteiger partial charge in [0.1, 0.15) is 17.6 Å². The van der Waals surface area contributed by atoms with Gasteiger partial charge in [-0.1, -0.05) is 6.07 Å². The Morgan fingerprint density at radius 1 is 1.08 bits per heavy atom. The van der Waals surface area contributed by atoms with Gasteiger partial charge in [0, 0.05) is 55.1 Å². The van der Waals surface area contributed by atoms with Gasteiger partial charge in [0.15, 0.2) is 5.43 Å². The number of alkyl halides is 3. The van der Waals surface area contributed by atoms with Crippen LogP contribution in [0.1, 0.15) is 40.8 Å². The number of methoxy groups -OCH3 is 1. The fourth-order valence-electron chi connectivity index (χ4n) is 3.41. The lowest BCUT2D eigenvalue weighted by Gasteiger charge is -2.17. The maximum absolute atomic E-state index is 12.7. The summed E-state index contributed by atoms with van der Waals surface area (Å²) in [5.74, 6) is 0.553. The zero-order valence-corrected chi connectivity index (χ0v) is 20.1. The van der Waals surface area contributed by atoms with E-state index in [2.05, 4.69) is 30.2 Å². The van der Waals surface area contributed by atoms with Crippen LogP contribution in [0.25, 0.3) is 0 Å². The van der Waals surface area contributed by atoms with E-state index in [1.165, 1.54) is 19.2 Å². The Labute approximate surface area is 214 Å². The number of hydrogen-bond donors (Lipinski definition) is 2. The van der Waals surface area contributed by atoms with Crippen LogP contribution >= 0.6 is 0 Å². The second-order valence-corrected chi connectivity index (χ2v) is 8.08. The van der Waals surface area contributed by atoms with Crippen LogP contribution in [0.2, 0.25) is 0 Å². The highest BCUT2D eigenvalue weighted by molar-refractivity contribution is 5.49. The summed E-state index contributed by atoms with van der Waals surface area (Å²) in [5.41, 5.74) is 0.899. The average molecular weight is 523 g/mol. The van der Waals surface area contributed by atoms with Crippen LogP contribution in [0, 0.1) is 11.3 Å². The summed E-state index contributed by atoms with van der Waals surface area (Å²) >= 11 is 0. The third-order valence-corrected chi connectivity index (χ3v) is 5.41. The number of nitrogens with one attached hydrogen (secondary N) is 2. The highest BCUT2D eigenvalue weighted by atomic mass is 19.4. The molecule has 3 heterocycles. The lowest BCUT2D eigenvalue weighted by atomic mass is 10.0. The summed E-state index contributed by atoms with van der Waals surface area (Å²) in [5, 5.41) is 12.7. The van der Waals surface area contributed by atoms with Crippen LogP contribution in [0.3, 0.4) is 0 Å². The number of rotatable bonds is 8. The van der Waals surface area contributed by atoms with E-state index in [9.17, 15) is 23.2 Å². The van der Waals surface area contributed by atoms with Crippen molar-refractivity contribution in [3.8, 4) is 23.8 Å². The Kier molecular flexibility index (Phi) is 7.52. The quantitative estimate of drug-likeness (QED) is 0.344. The Morgan fingerprint density at radius 3 is 2.37 bits per heavy atom. The molecule has 1 atom stereocenters. The molecule has 0 aliphatic rings. The van der Waals surface area contributed by atoms with E-state index >= 15 is 0 Å². The van der Waals surface area contributed by atoms with Gasteiger partial charge in [-0.05, 0) is 30.2 Å². The van der Waals surface area contributed by atoms with Crippen molar-refractivity contribution in [2.24, 2.45) is 0 Å². The number of nitrogens with zero attached hydrogens (tertiary/aromatic N) is 5. The first kappa shape index (κ1) is 26.1. The van der Waals surface area contributed by atoms with Crippen LogP contribution in [-0.2, 0) is 12.6 Å². The molecule has 4 rings (SSSR count). The minimum absolute atomic E-state index is 0.0866. The molecule has 1 aromatic carbocycles. The standard InChI is InChI=1S/C25H20F3N7O3/c1-14(35-22-7-20(36)18(11-30-22)5-15-9-31-23(37-2)32-10-15)16-3-4-21(17(6-16)8-29)38-24-33-12-19(13-34-24)25(26,27)28/h3-4,6-7,9-14H,5H2,1-2H3,(H2,30,35,36). The molecular formula is C25H20F3N7O3. The molecule has 0 amide bonds. The molecule has 0 aliphatic heterocycles. The van der Waals surface area contributed by atoms with Crippen molar-refractivity contribution in [3.63, 3.8) is 0 Å². The molecule has 0 saturated heterocycles. The first-order valence-corrected chi connectivity index (χ1v) is 11.1. The monoisotopic (exact) mass is 523 g/mol. The van der Waals surface area contributed by atoms with Gasteiger partial charge in [-0.3, -0.25) is 4.79 Å². The summed E-state index contributed by atoms with van der Waals surface area (Å²) in [6.45, 7) is 1.83. The van der Waals surface area contributed by atoms with Gasteiger partial charge in [0.05, 0.1) is 18.2 Å². The van der Waals surface area contributed by atoms with Crippen molar-refractivity contribution in [2.75, 3.05) is 12.4 Å². The molecule has 0 fully saturated rings. The molecule has 0 spiro atoms. The number of hydrogen-bond acceptors (Lipinski definition) is 9. The molecule has 3 aromatic heterocycles. The van der Waals surface area contributed by atoms with Gasteiger partial charge in [-0.2, -0.15) is 18.4 Å². The molecule has 2 N–H and O–H groups in total. The molecule has 10 nitrogen and oxygen atoms in total. The second kappa shape index (κ2) is 11.0. The van der Waals surface area contributed by atoms with E-state index in [0.29, 0.717) is 35.8 Å². The zero-order chi connectivity index (χ0) is 27.3. The SMILES string of the molecule is COc1ncc(Cc2c[nH]c(NC(C)c3ccc(Oc4ncc(C(F)(F)F)cn4)c(C#N)c3)cc2=O)cn1. The van der Waals surface area contributed by atoms with Gasteiger partial charge in [-0.15, -0.1) is 0 Å². The Morgan fingerprint density at radius 2 is 1.76 bits per heavy atom. The van der Waals surface area contributed by atoms with Crippen molar-refractivity contribution in [1.29, 1.82) is 5.26 Å². The number of benzene rings is 1. The van der Waals surface area contributed by atoms with Gasteiger partial charge in [0.2, 0.25) is 0 Å². The number of pyridine rings is 1. The molecule has 194 valence electrons. The number of nitriles is 1. The summed E-state index contributed by atoms with van der Waals surface area (Å²) < 4.78 is 48.4. The Balaban J connectivity index is 1.44. The largest absolute Gasteiger partial charge is 0.467 e. The van der Waals surface area contributed by atoms with Crippen molar-refractivity contribution in [2.45, 2.75) is 25.6 Å². The highest BCUT2D eigenvalue weighted by Crippen LogP contribution is 2.30. The van der Waals surface area contributed by atoms with E-state index in [-0.39, 0.29) is 34.8 Å². The number of ether oxygens (including phenoxy) is 2. The Bertz CT molecular complexity index is 1520. The first-order valence-electron chi connectivity index (χ1n) is 11.1. The molecule has 4 aromatic rings. The highest BCUT2D eigenvalue weighted by Gasteiger charge is 2.31. The smallest absolute Gasteiger partial charge is 0.419 e. The molecule has 0 bridgehead atoms. The van der Waals surface area contributed by atoms with Crippen LogP contribution in [-0.4, -0.2) is 32.0 Å². The van der Waals surface area contributed by atoms with Crippen molar-refractivity contribution in [1.82, 2.24) is 24.9 Å². The van der Waals surface area contributed by atoms with Crippen molar-refractivity contribution in [3.05, 3.63) is 93.3 Å². The minimum Gasteiger partial charge on any atom is -0.467 e. The topological polar surface area (TPSA) is 139 Å². The Hall–Kier alpha value is -4.99. The summed E-state index contributed by atoms with van der Waals surface area (Å²) in [4.78, 5) is 30.8. The van der Waals surface area contributed by atoms with Gasteiger partial charge in [0.25, 0.3) is 0 Å². The number of anilines is 1. The van der Waals surface area contributed by atoms with Crippen molar-refractivity contribution >= 4 is 5.82 Å². The zero-order valence-electron chi connectivity index (χ0n) is 20.1. The predicted octanol–water partition coefficient (Wildman–Crippen LogP) is 4.41. The lowest BCUT2D eigenvalue weighted by Crippen LogP contribution is -2.14. The predicted molar refractivity (Wildman–Crippen MR) is 129 cm³/mol. The molecule has 0 saturated carbocycles. The number of H-pyrrole nitrogens is 1. The van der Waals surface area contributed by atoms with Crippen LogP contribution in [0.5, 0.6) is 17.8 Å². The fraction of sp³-hybridized carbons (Fsp3) is 0.200. The molecular weight excluding hydrogens is 503 g/mol. The van der Waals surface area contributed by atoms with Crippen LogP contribution in [0.4, 0.5) is 19.0 Å². The van der Waals surface area contributed by atoms with Gasteiger partial charge >= 0.3 is 18.2 Å². The summed E-state index contributed by atoms with van der Waals surface area (Å²) in [7, 11) is 1.47. The minimum atomic E-state index is -4.57. The van der Waals surface area contributed by atoms with E-state index in [0.717, 1.165) is 5.56 Å². The molecule has 0 aliphatic carbocycles. The summed E-state index contributed by atoms with van der Waals surface area (Å²) in [6.07, 6.45) is 1.75. The number of aromatic nitrogens is 5. The van der Waals surface area contributed by atoms with E-state index in [4.69, 9.17) is 9.47 Å². The van der Waals surface area contributed by atoms with Crippen LogP contribution in [0.15, 0.2) is 60.0 Å². The van der Waals surface area contributed by atoms with E-state index in [1.807, 2.05) is 13.0 Å². The summed E-state index contributed by atoms with van der Waals surface area (Å²) in [6, 6.07) is 7.75. The lowest BCUT2D eigenvalue weighted by molar-refractivity contribution is -0.138. The van der Waals surface area contributed by atoms with E-state index < -0.39 is 11.7 Å². The van der Waals surface area contributed by atoms with E-state index in [1.54, 1.807) is 30.7 Å². The molecule has 13 heteroatoms. The third-order valence-electron chi connectivity index (χ3n) is 5.41. The number of halogens is 3. The first-order chi connectivity index (χ1) is 18.2. The maximum Gasteiger partial charge on any atom is 0.419 e. The number of aromatic amines is 1. The molecule has 38 heavy (non-hydrogen) atoms. The normalized spacial score (nSPS) is 11.9. The third kappa shape index (κ3) is 6.22. The van der Waals surface area contributed by atoms with Crippen molar-refractivity contribution < 1.29 is 22.6 Å².